The first kappa shape index (κ1) is 23.8. The molecule has 0 radical (unpaired) electrons. The Morgan fingerprint density at radius 1 is 1.11 bits per heavy atom. The van der Waals surface area contributed by atoms with Crippen molar-refractivity contribution < 1.29 is 23.3 Å². The molecule has 3 aromatic rings. The summed E-state index contributed by atoms with van der Waals surface area (Å²) < 4.78 is 20.4. The van der Waals surface area contributed by atoms with Gasteiger partial charge in [0.25, 0.3) is 5.91 Å². The van der Waals surface area contributed by atoms with Crippen LogP contribution in [0.4, 0.5) is 10.2 Å². The molecule has 2 fully saturated rings. The van der Waals surface area contributed by atoms with E-state index in [9.17, 15) is 14.8 Å². The van der Waals surface area contributed by atoms with Crippen molar-refractivity contribution >= 4 is 17.6 Å². The number of aromatic nitrogens is 4. The molecule has 0 aliphatic heterocycles. The highest BCUT2D eigenvalue weighted by Gasteiger charge is 2.48. The van der Waals surface area contributed by atoms with E-state index in [-0.39, 0.29) is 23.0 Å². The molecule has 10 nitrogen and oxygen atoms in total. The van der Waals surface area contributed by atoms with Gasteiger partial charge in [-0.25, -0.2) is 9.61 Å². The van der Waals surface area contributed by atoms with Gasteiger partial charge in [-0.05, 0) is 80.6 Å². The molecule has 0 aromatic carbocycles. The van der Waals surface area contributed by atoms with Crippen molar-refractivity contribution in [2.45, 2.75) is 52.5 Å². The Bertz CT molecular complexity index is 1320. The predicted molar refractivity (Wildman–Crippen MR) is 126 cm³/mol. The lowest BCUT2D eigenvalue weighted by Crippen LogP contribution is -2.50. The summed E-state index contributed by atoms with van der Waals surface area (Å²) in [7, 11) is 0. The van der Waals surface area contributed by atoms with Gasteiger partial charge in [0.15, 0.2) is 17.6 Å². The number of amides is 2. The first-order valence-corrected chi connectivity index (χ1v) is 12.0. The van der Waals surface area contributed by atoms with Crippen LogP contribution in [0, 0.1) is 49.7 Å². The molecule has 2 N–H and O–H groups in total. The Morgan fingerprint density at radius 2 is 1.81 bits per heavy atom. The maximum atomic E-state index is 15.0. The number of halogens is 1. The molecule has 1 atom stereocenters. The summed E-state index contributed by atoms with van der Waals surface area (Å²) in [5, 5.41) is 24.9. The highest BCUT2D eigenvalue weighted by Crippen LogP contribution is 2.51. The van der Waals surface area contributed by atoms with E-state index in [2.05, 4.69) is 30.6 Å². The number of carbonyl (C=O) groups excluding carboxylic acids is 2. The minimum Gasteiger partial charge on any atom is -0.618 e. The molecule has 0 saturated heterocycles. The van der Waals surface area contributed by atoms with Crippen LogP contribution in [0.1, 0.15) is 53.1 Å². The number of hydrogen-bond acceptors (Lipinski definition) is 7. The lowest BCUT2D eigenvalue weighted by molar-refractivity contribution is -0.612. The third-order valence-electron chi connectivity index (χ3n) is 6.96. The van der Waals surface area contributed by atoms with Gasteiger partial charge in [0, 0.05) is 18.1 Å². The summed E-state index contributed by atoms with van der Waals surface area (Å²) in [4.78, 5) is 30.2. The first-order valence-electron chi connectivity index (χ1n) is 12.0. The van der Waals surface area contributed by atoms with Crippen molar-refractivity contribution in [3.05, 3.63) is 58.2 Å². The van der Waals surface area contributed by atoms with Gasteiger partial charge in [-0.15, -0.1) is 0 Å². The Kier molecular flexibility index (Phi) is 6.15. The Labute approximate surface area is 206 Å². The van der Waals surface area contributed by atoms with Crippen LogP contribution in [0.2, 0.25) is 0 Å². The van der Waals surface area contributed by atoms with Crippen molar-refractivity contribution in [1.29, 1.82) is 0 Å². The highest BCUT2D eigenvalue weighted by molar-refractivity contribution is 6.00. The largest absolute Gasteiger partial charge is 0.618 e. The molecule has 3 heterocycles. The summed E-state index contributed by atoms with van der Waals surface area (Å²) in [6.45, 7) is 4.95. The summed E-state index contributed by atoms with van der Waals surface area (Å²) in [5.74, 6) is -1.14. The van der Waals surface area contributed by atoms with E-state index in [1.807, 2.05) is 0 Å². The summed E-state index contributed by atoms with van der Waals surface area (Å²) in [6, 6.07) is 3.85. The Morgan fingerprint density at radius 3 is 2.39 bits per heavy atom. The van der Waals surface area contributed by atoms with E-state index in [4.69, 9.17) is 0 Å². The van der Waals surface area contributed by atoms with Gasteiger partial charge in [-0.1, -0.05) is 5.16 Å². The minimum atomic E-state index is -0.837. The van der Waals surface area contributed by atoms with E-state index in [1.165, 1.54) is 18.3 Å². The van der Waals surface area contributed by atoms with E-state index < -0.39 is 23.8 Å². The third-order valence-corrected chi connectivity index (χ3v) is 6.96. The summed E-state index contributed by atoms with van der Waals surface area (Å²) in [6.07, 6.45) is 5.43. The van der Waals surface area contributed by atoms with E-state index in [0.717, 1.165) is 25.7 Å². The lowest BCUT2D eigenvalue weighted by Gasteiger charge is -2.27. The van der Waals surface area contributed by atoms with Crippen LogP contribution in [0.5, 0.6) is 0 Å². The van der Waals surface area contributed by atoms with Crippen molar-refractivity contribution in [2.24, 2.45) is 17.8 Å². The van der Waals surface area contributed by atoms with Crippen LogP contribution in [-0.4, -0.2) is 33.2 Å². The number of carbonyl (C=O) groups is 2. The molecule has 3 aromatic heterocycles. The average Bonchev–Trinajstić information content (AvgIpc) is 3.76. The van der Waals surface area contributed by atoms with Crippen LogP contribution in [-0.2, 0) is 4.79 Å². The average molecular weight is 495 g/mol. The minimum absolute atomic E-state index is 0.0189. The molecule has 11 heteroatoms. The Balaban J connectivity index is 1.39. The molecular formula is C25H27FN6O4. The monoisotopic (exact) mass is 494 g/mol. The van der Waals surface area contributed by atoms with Gasteiger partial charge in [0.2, 0.25) is 11.9 Å². The van der Waals surface area contributed by atoms with Gasteiger partial charge in [0.1, 0.15) is 17.6 Å². The molecule has 2 aliphatic rings. The molecule has 2 aliphatic carbocycles. The standard InChI is InChI=1S/C25H27FN6O4/c1-12-10-18(14(3)32(35)11-12)17-8-9-19(27-23(17)26)28-25(34)22(20(15-4-5-15)16-6-7-16)29-24(33)21-13(2)30-36-31-21/h8-11,15-16,20,22H,4-7H2,1-3H3,(H,29,33)(H,27,28,34)/t22-/m0/s1. The van der Waals surface area contributed by atoms with Crippen molar-refractivity contribution in [2.75, 3.05) is 5.32 Å². The van der Waals surface area contributed by atoms with Crippen LogP contribution in [0.15, 0.2) is 29.0 Å². The summed E-state index contributed by atoms with van der Waals surface area (Å²) >= 11 is 0. The summed E-state index contributed by atoms with van der Waals surface area (Å²) in [5.41, 5.74) is 1.96. The third kappa shape index (κ3) is 4.77. The van der Waals surface area contributed by atoms with Crippen molar-refractivity contribution in [1.82, 2.24) is 20.6 Å². The van der Waals surface area contributed by atoms with Gasteiger partial charge >= 0.3 is 0 Å². The normalized spacial score (nSPS) is 16.1. The fraction of sp³-hybridized carbons (Fsp3) is 0.440. The zero-order chi connectivity index (χ0) is 25.6. The fourth-order valence-corrected chi connectivity index (χ4v) is 4.83. The highest BCUT2D eigenvalue weighted by atomic mass is 19.1. The quantitative estimate of drug-likeness (QED) is 0.279. The molecule has 36 heavy (non-hydrogen) atoms. The zero-order valence-corrected chi connectivity index (χ0v) is 20.2. The molecular weight excluding hydrogens is 467 g/mol. The van der Waals surface area contributed by atoms with Crippen LogP contribution < -0.4 is 15.4 Å². The second kappa shape index (κ2) is 9.29. The number of anilines is 1. The molecule has 188 valence electrons. The fourth-order valence-electron chi connectivity index (χ4n) is 4.83. The van der Waals surface area contributed by atoms with Gasteiger partial charge in [0.05, 0.1) is 5.56 Å². The van der Waals surface area contributed by atoms with Gasteiger partial charge in [-0.3, -0.25) is 9.59 Å². The Hall–Kier alpha value is -3.89. The van der Waals surface area contributed by atoms with Crippen LogP contribution >= 0.6 is 0 Å². The molecule has 2 amide bonds. The molecule has 2 saturated carbocycles. The lowest BCUT2D eigenvalue weighted by atomic mass is 9.88. The molecule has 0 unspecified atom stereocenters. The maximum Gasteiger partial charge on any atom is 0.276 e. The number of nitrogens with zero attached hydrogens (tertiary/aromatic N) is 4. The SMILES string of the molecule is Cc1cc(-c2ccc(NC(=O)[C@@H](NC(=O)c3nonc3C)C(C3CC3)C3CC3)nc2F)c(C)[n+]([O-])c1. The first-order chi connectivity index (χ1) is 17.2. The van der Waals surface area contributed by atoms with E-state index >= 15 is 4.39 Å². The molecule has 0 spiro atoms. The smallest absolute Gasteiger partial charge is 0.276 e. The van der Waals surface area contributed by atoms with Crippen molar-refractivity contribution in [3.8, 4) is 11.1 Å². The van der Waals surface area contributed by atoms with Gasteiger partial charge in [-0.2, -0.15) is 9.12 Å². The van der Waals surface area contributed by atoms with E-state index in [1.54, 1.807) is 26.8 Å². The number of nitrogens with one attached hydrogen (secondary N) is 2. The van der Waals surface area contributed by atoms with E-state index in [0.29, 0.717) is 39.1 Å². The maximum absolute atomic E-state index is 15.0. The predicted octanol–water partition coefficient (Wildman–Crippen LogP) is 3.00. The van der Waals surface area contributed by atoms with Crippen molar-refractivity contribution in [3.63, 3.8) is 0 Å². The zero-order valence-electron chi connectivity index (χ0n) is 20.2. The van der Waals surface area contributed by atoms with Crippen LogP contribution in [0.25, 0.3) is 11.1 Å². The number of rotatable bonds is 8. The second-order valence-electron chi connectivity index (χ2n) is 9.77. The molecule has 5 rings (SSSR count). The number of pyridine rings is 2. The molecule has 0 bridgehead atoms. The second-order valence-corrected chi connectivity index (χ2v) is 9.77. The van der Waals surface area contributed by atoms with Gasteiger partial charge < -0.3 is 15.8 Å². The van der Waals surface area contributed by atoms with Crippen LogP contribution in [0.3, 0.4) is 0 Å². The number of aryl methyl sites for hydroxylation is 2. The number of hydrogen-bond donors (Lipinski definition) is 2. The topological polar surface area (TPSA) is 137 Å².